The summed E-state index contributed by atoms with van der Waals surface area (Å²) in [5.74, 6) is 1.24. The number of amides is 1. The van der Waals surface area contributed by atoms with Crippen LogP contribution in [0.2, 0.25) is 0 Å². The van der Waals surface area contributed by atoms with Gasteiger partial charge in [-0.1, -0.05) is 25.3 Å². The summed E-state index contributed by atoms with van der Waals surface area (Å²) in [6.45, 7) is 4.01. The first kappa shape index (κ1) is 17.0. The summed E-state index contributed by atoms with van der Waals surface area (Å²) < 4.78 is 0. The lowest BCUT2D eigenvalue weighted by Crippen LogP contribution is -2.42. The van der Waals surface area contributed by atoms with Gasteiger partial charge in [-0.05, 0) is 50.2 Å². The Labute approximate surface area is 151 Å². The van der Waals surface area contributed by atoms with Crippen molar-refractivity contribution in [3.63, 3.8) is 0 Å². The molecule has 0 radical (unpaired) electrons. The Kier molecular flexibility index (Phi) is 5.35. The molecule has 1 aromatic heterocycles. The Morgan fingerprint density at radius 2 is 1.88 bits per heavy atom. The summed E-state index contributed by atoms with van der Waals surface area (Å²) in [6, 6.07) is 6.92. The van der Waals surface area contributed by atoms with Crippen LogP contribution in [-0.2, 0) is 11.2 Å². The van der Waals surface area contributed by atoms with Gasteiger partial charge in [0.15, 0.2) is 0 Å². The van der Waals surface area contributed by atoms with Gasteiger partial charge >= 0.3 is 0 Å². The first-order valence-electron chi connectivity index (χ1n) is 10.2. The Morgan fingerprint density at radius 3 is 2.56 bits per heavy atom. The van der Waals surface area contributed by atoms with E-state index < -0.39 is 0 Å². The van der Waals surface area contributed by atoms with Crippen molar-refractivity contribution >= 4 is 5.91 Å². The maximum Gasteiger partial charge on any atom is 0.225 e. The van der Waals surface area contributed by atoms with Crippen molar-refractivity contribution in [1.29, 1.82) is 0 Å². The Hall–Kier alpha value is -1.42. The van der Waals surface area contributed by atoms with Gasteiger partial charge < -0.3 is 4.90 Å². The molecule has 4 nitrogen and oxygen atoms in total. The van der Waals surface area contributed by atoms with E-state index in [1.54, 1.807) is 0 Å². The monoisotopic (exact) mass is 341 g/mol. The average Bonchev–Trinajstić information content (AvgIpc) is 3.03. The lowest BCUT2D eigenvalue weighted by molar-refractivity contribution is -0.138. The van der Waals surface area contributed by atoms with Crippen LogP contribution in [0.15, 0.2) is 24.4 Å². The molecule has 1 aromatic rings. The zero-order chi connectivity index (χ0) is 17.1. The van der Waals surface area contributed by atoms with E-state index in [-0.39, 0.29) is 0 Å². The molecule has 1 unspecified atom stereocenters. The number of hydrogen-bond acceptors (Lipinski definition) is 3. The highest BCUT2D eigenvalue weighted by Crippen LogP contribution is 2.30. The van der Waals surface area contributed by atoms with Gasteiger partial charge in [-0.3, -0.25) is 14.7 Å². The van der Waals surface area contributed by atoms with Crippen LogP contribution in [0, 0.1) is 11.8 Å². The molecule has 4 heteroatoms. The van der Waals surface area contributed by atoms with Crippen molar-refractivity contribution in [3.8, 4) is 0 Å². The first-order chi connectivity index (χ1) is 12.3. The molecular formula is C21H31N3O. The molecule has 0 spiro atoms. The Morgan fingerprint density at radius 1 is 1.04 bits per heavy atom. The smallest absolute Gasteiger partial charge is 0.225 e. The minimum Gasteiger partial charge on any atom is -0.341 e. The van der Waals surface area contributed by atoms with Gasteiger partial charge in [0.1, 0.15) is 0 Å². The van der Waals surface area contributed by atoms with Gasteiger partial charge in [-0.25, -0.2) is 0 Å². The average molecular weight is 341 g/mol. The molecule has 136 valence electrons. The van der Waals surface area contributed by atoms with Crippen molar-refractivity contribution in [1.82, 2.24) is 14.8 Å². The maximum absolute atomic E-state index is 12.9. The number of rotatable bonds is 4. The summed E-state index contributed by atoms with van der Waals surface area (Å²) >= 11 is 0. The molecule has 1 amide bonds. The predicted octanol–water partition coefficient (Wildman–Crippen LogP) is 3.13. The van der Waals surface area contributed by atoms with Gasteiger partial charge in [0, 0.05) is 50.0 Å². The number of hydrogen-bond donors (Lipinski definition) is 0. The molecule has 4 rings (SSSR count). The molecule has 3 fully saturated rings. The SMILES string of the molecule is O=C(C1CCC1)N1CCN(C2CCCC2)CC(Cc2ccccn2)C1. The Bertz CT molecular complexity index is 566. The van der Waals surface area contributed by atoms with Crippen LogP contribution in [0.4, 0.5) is 0 Å². The highest BCUT2D eigenvalue weighted by atomic mass is 16.2. The fraction of sp³-hybridized carbons (Fsp3) is 0.714. The van der Waals surface area contributed by atoms with E-state index in [1.807, 2.05) is 12.3 Å². The lowest BCUT2D eigenvalue weighted by atomic mass is 9.84. The molecule has 0 aromatic carbocycles. The van der Waals surface area contributed by atoms with E-state index >= 15 is 0 Å². The third kappa shape index (κ3) is 4.05. The molecule has 1 atom stereocenters. The molecule has 2 aliphatic carbocycles. The zero-order valence-corrected chi connectivity index (χ0v) is 15.3. The van der Waals surface area contributed by atoms with Gasteiger partial charge in [0.05, 0.1) is 0 Å². The minimum atomic E-state index is 0.313. The molecule has 1 saturated heterocycles. The Balaban J connectivity index is 1.47. The van der Waals surface area contributed by atoms with Crippen LogP contribution in [0.25, 0.3) is 0 Å². The van der Waals surface area contributed by atoms with E-state index in [9.17, 15) is 4.79 Å². The summed E-state index contributed by atoms with van der Waals surface area (Å²) in [4.78, 5) is 22.3. The van der Waals surface area contributed by atoms with Gasteiger partial charge in [0.2, 0.25) is 5.91 Å². The largest absolute Gasteiger partial charge is 0.341 e. The van der Waals surface area contributed by atoms with Crippen molar-refractivity contribution in [2.75, 3.05) is 26.2 Å². The zero-order valence-electron chi connectivity index (χ0n) is 15.3. The number of nitrogens with zero attached hydrogens (tertiary/aromatic N) is 3. The quantitative estimate of drug-likeness (QED) is 0.844. The van der Waals surface area contributed by atoms with Crippen molar-refractivity contribution in [2.24, 2.45) is 11.8 Å². The van der Waals surface area contributed by atoms with E-state index in [0.29, 0.717) is 17.7 Å². The number of carbonyl (C=O) groups excluding carboxylic acids is 1. The minimum absolute atomic E-state index is 0.313. The summed E-state index contributed by atoms with van der Waals surface area (Å²) in [6.07, 6.45) is 11.7. The van der Waals surface area contributed by atoms with Gasteiger partial charge in [0.25, 0.3) is 0 Å². The van der Waals surface area contributed by atoms with Crippen molar-refractivity contribution < 1.29 is 4.79 Å². The third-order valence-corrected chi connectivity index (χ3v) is 6.46. The standard InChI is InChI=1S/C21H31N3O/c25-21(18-6-5-7-18)24-13-12-23(20-9-1-2-10-20)15-17(16-24)14-19-8-3-4-11-22-19/h3-4,8,11,17-18,20H,1-2,5-7,9-10,12-16H2. The highest BCUT2D eigenvalue weighted by molar-refractivity contribution is 5.79. The summed E-state index contributed by atoms with van der Waals surface area (Å²) in [7, 11) is 0. The topological polar surface area (TPSA) is 36.4 Å². The highest BCUT2D eigenvalue weighted by Gasteiger charge is 2.34. The molecule has 2 heterocycles. The summed E-state index contributed by atoms with van der Waals surface area (Å²) in [5, 5.41) is 0. The predicted molar refractivity (Wildman–Crippen MR) is 99.2 cm³/mol. The van der Waals surface area contributed by atoms with Crippen LogP contribution in [-0.4, -0.2) is 52.9 Å². The molecule has 3 aliphatic rings. The third-order valence-electron chi connectivity index (χ3n) is 6.46. The van der Waals surface area contributed by atoms with E-state index in [2.05, 4.69) is 26.9 Å². The second kappa shape index (κ2) is 7.86. The molecule has 2 saturated carbocycles. The summed E-state index contributed by atoms with van der Waals surface area (Å²) in [5.41, 5.74) is 1.16. The van der Waals surface area contributed by atoms with Crippen molar-refractivity contribution in [3.05, 3.63) is 30.1 Å². The molecule has 0 N–H and O–H groups in total. The van der Waals surface area contributed by atoms with Gasteiger partial charge in [-0.2, -0.15) is 0 Å². The number of carbonyl (C=O) groups is 1. The molecule has 1 aliphatic heterocycles. The maximum atomic E-state index is 12.9. The van der Waals surface area contributed by atoms with Crippen LogP contribution in [0.5, 0.6) is 0 Å². The molecule has 0 bridgehead atoms. The van der Waals surface area contributed by atoms with Crippen LogP contribution >= 0.6 is 0 Å². The number of pyridine rings is 1. The van der Waals surface area contributed by atoms with E-state index in [4.69, 9.17) is 0 Å². The fourth-order valence-corrected chi connectivity index (χ4v) is 4.79. The van der Waals surface area contributed by atoms with Crippen LogP contribution in [0.3, 0.4) is 0 Å². The van der Waals surface area contributed by atoms with Crippen LogP contribution in [0.1, 0.15) is 50.6 Å². The molecule has 25 heavy (non-hydrogen) atoms. The van der Waals surface area contributed by atoms with E-state index in [1.165, 1.54) is 32.1 Å². The normalized spacial score (nSPS) is 26.4. The second-order valence-electron chi connectivity index (χ2n) is 8.24. The van der Waals surface area contributed by atoms with Crippen LogP contribution < -0.4 is 0 Å². The first-order valence-corrected chi connectivity index (χ1v) is 10.2. The molecular weight excluding hydrogens is 310 g/mol. The second-order valence-corrected chi connectivity index (χ2v) is 8.24. The number of aromatic nitrogens is 1. The van der Waals surface area contributed by atoms with Gasteiger partial charge in [-0.15, -0.1) is 0 Å². The lowest BCUT2D eigenvalue weighted by Gasteiger charge is -2.32. The fourth-order valence-electron chi connectivity index (χ4n) is 4.79. The van der Waals surface area contributed by atoms with Crippen molar-refractivity contribution in [2.45, 2.75) is 57.4 Å². The van der Waals surface area contributed by atoms with E-state index in [0.717, 1.165) is 57.2 Å².